The Balaban J connectivity index is 1.99. The second kappa shape index (κ2) is 6.04. The summed E-state index contributed by atoms with van der Waals surface area (Å²) in [5.74, 6) is -0.183. The average molecular weight is 279 g/mol. The number of rotatable bonds is 5. The predicted molar refractivity (Wildman–Crippen MR) is 74.9 cm³/mol. The number of nitrogens with zero attached hydrogens (tertiary/aromatic N) is 2. The molecule has 0 unspecified atom stereocenters. The summed E-state index contributed by atoms with van der Waals surface area (Å²) in [6.07, 6.45) is 6.94. The van der Waals surface area contributed by atoms with Crippen LogP contribution < -0.4 is 16.4 Å². The van der Waals surface area contributed by atoms with Crippen molar-refractivity contribution in [2.45, 2.75) is 32.2 Å². The minimum atomic E-state index is -0.442. The van der Waals surface area contributed by atoms with E-state index in [2.05, 4.69) is 15.7 Å². The van der Waals surface area contributed by atoms with Crippen molar-refractivity contribution in [1.82, 2.24) is 15.1 Å². The zero-order valence-corrected chi connectivity index (χ0v) is 11.7. The van der Waals surface area contributed by atoms with Crippen LogP contribution in [0.1, 0.15) is 25.7 Å². The van der Waals surface area contributed by atoms with E-state index in [1.165, 1.54) is 4.68 Å². The number of likely N-dealkylation sites (N-methyl/N-ethyl adjacent to an activating group) is 1. The van der Waals surface area contributed by atoms with Crippen LogP contribution in [0, 0.1) is 5.41 Å². The van der Waals surface area contributed by atoms with Crippen LogP contribution in [0.3, 0.4) is 0 Å². The van der Waals surface area contributed by atoms with Gasteiger partial charge in [0.2, 0.25) is 11.8 Å². The molecule has 0 spiro atoms. The molecule has 1 aromatic rings. The summed E-state index contributed by atoms with van der Waals surface area (Å²) in [6.45, 7) is 0.500. The van der Waals surface area contributed by atoms with Crippen molar-refractivity contribution in [3.63, 3.8) is 0 Å². The van der Waals surface area contributed by atoms with Gasteiger partial charge in [-0.15, -0.1) is 0 Å². The predicted octanol–water partition coefficient (Wildman–Crippen LogP) is 0.0867. The van der Waals surface area contributed by atoms with Gasteiger partial charge in [-0.2, -0.15) is 5.10 Å². The summed E-state index contributed by atoms with van der Waals surface area (Å²) >= 11 is 0. The third-order valence-corrected chi connectivity index (χ3v) is 3.91. The quantitative estimate of drug-likeness (QED) is 0.710. The smallest absolute Gasteiger partial charge is 0.241 e. The van der Waals surface area contributed by atoms with Gasteiger partial charge in [-0.25, -0.2) is 0 Å². The Hall–Kier alpha value is -1.89. The SMILES string of the molecule is CNC(=O)Cn1cc(NC(=O)C2(CN)CCCC2)cn1. The van der Waals surface area contributed by atoms with E-state index in [0.29, 0.717) is 12.2 Å². The third kappa shape index (κ3) is 2.98. The number of aromatic nitrogens is 2. The maximum absolute atomic E-state index is 12.3. The van der Waals surface area contributed by atoms with Crippen LogP contribution in [0.5, 0.6) is 0 Å². The van der Waals surface area contributed by atoms with Crippen molar-refractivity contribution in [1.29, 1.82) is 0 Å². The highest BCUT2D eigenvalue weighted by Gasteiger charge is 2.39. The Bertz CT molecular complexity index is 491. The number of nitrogens with two attached hydrogens (primary N) is 1. The normalized spacial score (nSPS) is 16.9. The number of carbonyl (C=O) groups excluding carboxylic acids is 2. The molecular weight excluding hydrogens is 258 g/mol. The first kappa shape index (κ1) is 14.5. The fourth-order valence-corrected chi connectivity index (χ4v) is 2.58. The van der Waals surface area contributed by atoms with E-state index in [4.69, 9.17) is 5.73 Å². The average Bonchev–Trinajstić information content (AvgIpc) is 3.08. The lowest BCUT2D eigenvalue weighted by molar-refractivity contribution is -0.125. The Morgan fingerprint density at radius 2 is 2.15 bits per heavy atom. The van der Waals surface area contributed by atoms with Gasteiger partial charge in [0.1, 0.15) is 6.54 Å². The number of anilines is 1. The highest BCUT2D eigenvalue weighted by atomic mass is 16.2. The standard InChI is InChI=1S/C13H21N5O2/c1-15-11(19)8-18-7-10(6-16-18)17-12(20)13(9-14)4-2-3-5-13/h6-7H,2-5,8-9,14H2,1H3,(H,15,19)(H,17,20). The van der Waals surface area contributed by atoms with Gasteiger partial charge in [0.15, 0.2) is 0 Å². The third-order valence-electron chi connectivity index (χ3n) is 3.91. The van der Waals surface area contributed by atoms with Crippen LogP contribution in [-0.2, 0) is 16.1 Å². The van der Waals surface area contributed by atoms with Gasteiger partial charge in [0.05, 0.1) is 17.3 Å². The molecule has 4 N–H and O–H groups in total. The van der Waals surface area contributed by atoms with Crippen molar-refractivity contribution in [2.24, 2.45) is 11.1 Å². The fraction of sp³-hybridized carbons (Fsp3) is 0.615. The molecule has 0 aromatic carbocycles. The second-order valence-corrected chi connectivity index (χ2v) is 5.25. The first-order valence-corrected chi connectivity index (χ1v) is 6.84. The molecular formula is C13H21N5O2. The molecule has 7 heteroatoms. The van der Waals surface area contributed by atoms with E-state index in [-0.39, 0.29) is 18.4 Å². The van der Waals surface area contributed by atoms with Crippen LogP contribution in [0.2, 0.25) is 0 Å². The Morgan fingerprint density at radius 1 is 1.45 bits per heavy atom. The fourth-order valence-electron chi connectivity index (χ4n) is 2.58. The number of nitrogens with one attached hydrogen (secondary N) is 2. The van der Waals surface area contributed by atoms with E-state index in [0.717, 1.165) is 25.7 Å². The maximum atomic E-state index is 12.3. The van der Waals surface area contributed by atoms with E-state index in [9.17, 15) is 9.59 Å². The van der Waals surface area contributed by atoms with Crippen molar-refractivity contribution < 1.29 is 9.59 Å². The van der Waals surface area contributed by atoms with Crippen molar-refractivity contribution in [3.05, 3.63) is 12.4 Å². The van der Waals surface area contributed by atoms with Gasteiger partial charge >= 0.3 is 0 Å². The topological polar surface area (TPSA) is 102 Å². The van der Waals surface area contributed by atoms with Gasteiger partial charge in [-0.1, -0.05) is 12.8 Å². The van der Waals surface area contributed by atoms with E-state index in [1.54, 1.807) is 19.4 Å². The van der Waals surface area contributed by atoms with Gasteiger partial charge < -0.3 is 16.4 Å². The number of carbonyl (C=O) groups is 2. The first-order valence-electron chi connectivity index (χ1n) is 6.84. The molecule has 1 heterocycles. The molecule has 7 nitrogen and oxygen atoms in total. The number of hydrogen-bond acceptors (Lipinski definition) is 4. The largest absolute Gasteiger partial charge is 0.358 e. The van der Waals surface area contributed by atoms with E-state index >= 15 is 0 Å². The summed E-state index contributed by atoms with van der Waals surface area (Å²) in [5, 5.41) is 9.42. The van der Waals surface area contributed by atoms with Crippen molar-refractivity contribution in [3.8, 4) is 0 Å². The number of amides is 2. The molecule has 0 bridgehead atoms. The zero-order valence-electron chi connectivity index (χ0n) is 11.7. The summed E-state index contributed by atoms with van der Waals surface area (Å²) in [5.41, 5.74) is 5.93. The Labute approximate surface area is 117 Å². The van der Waals surface area contributed by atoms with Crippen LogP contribution in [0.4, 0.5) is 5.69 Å². The highest BCUT2D eigenvalue weighted by Crippen LogP contribution is 2.38. The molecule has 1 aliphatic rings. The van der Waals surface area contributed by atoms with Crippen LogP contribution in [-0.4, -0.2) is 35.2 Å². The van der Waals surface area contributed by atoms with Crippen LogP contribution in [0.15, 0.2) is 12.4 Å². The molecule has 1 saturated carbocycles. The molecule has 1 aromatic heterocycles. The molecule has 110 valence electrons. The summed E-state index contributed by atoms with van der Waals surface area (Å²) in [4.78, 5) is 23.6. The molecule has 2 rings (SSSR count). The summed E-state index contributed by atoms with van der Waals surface area (Å²) in [7, 11) is 1.57. The Morgan fingerprint density at radius 3 is 2.75 bits per heavy atom. The van der Waals surface area contributed by atoms with Crippen LogP contribution in [0.25, 0.3) is 0 Å². The minimum Gasteiger partial charge on any atom is -0.358 e. The molecule has 0 aliphatic heterocycles. The monoisotopic (exact) mass is 279 g/mol. The molecule has 0 saturated heterocycles. The van der Waals surface area contributed by atoms with E-state index < -0.39 is 5.41 Å². The molecule has 2 amide bonds. The van der Waals surface area contributed by atoms with Crippen LogP contribution >= 0.6 is 0 Å². The van der Waals surface area contributed by atoms with Gasteiger partial charge in [0, 0.05) is 19.8 Å². The number of hydrogen-bond donors (Lipinski definition) is 3. The van der Waals surface area contributed by atoms with E-state index in [1.807, 2.05) is 0 Å². The van der Waals surface area contributed by atoms with Gasteiger partial charge in [-0.3, -0.25) is 14.3 Å². The summed E-state index contributed by atoms with van der Waals surface area (Å²) < 4.78 is 1.48. The maximum Gasteiger partial charge on any atom is 0.241 e. The van der Waals surface area contributed by atoms with Gasteiger partial charge in [-0.05, 0) is 12.8 Å². The lowest BCUT2D eigenvalue weighted by atomic mass is 9.85. The Kier molecular flexibility index (Phi) is 4.39. The lowest BCUT2D eigenvalue weighted by Crippen LogP contribution is -2.40. The second-order valence-electron chi connectivity index (χ2n) is 5.25. The molecule has 0 atom stereocenters. The molecule has 1 aliphatic carbocycles. The minimum absolute atomic E-state index is 0.0445. The first-order chi connectivity index (χ1) is 9.59. The molecule has 1 fully saturated rings. The van der Waals surface area contributed by atoms with Gasteiger partial charge in [0.25, 0.3) is 0 Å². The van der Waals surface area contributed by atoms with Crippen molar-refractivity contribution in [2.75, 3.05) is 18.9 Å². The molecule has 20 heavy (non-hydrogen) atoms. The zero-order chi connectivity index (χ0) is 14.6. The molecule has 0 radical (unpaired) electrons. The highest BCUT2D eigenvalue weighted by molar-refractivity contribution is 5.95. The lowest BCUT2D eigenvalue weighted by Gasteiger charge is -2.25. The summed E-state index contributed by atoms with van der Waals surface area (Å²) in [6, 6.07) is 0. The van der Waals surface area contributed by atoms with Crippen molar-refractivity contribution >= 4 is 17.5 Å².